The molecule has 1 fully saturated rings. The number of aromatic amines is 1. The Morgan fingerprint density at radius 2 is 2.07 bits per heavy atom. The molecule has 1 aliphatic heterocycles. The number of anilines is 1. The monoisotopic (exact) mass is 372 g/mol. The summed E-state index contributed by atoms with van der Waals surface area (Å²) in [5.74, 6) is -0.319. The first kappa shape index (κ1) is 19.2. The van der Waals surface area contributed by atoms with Gasteiger partial charge in [-0.25, -0.2) is 5.06 Å². The lowest BCUT2D eigenvalue weighted by Gasteiger charge is -2.38. The number of rotatable bonds is 8. The number of hydrogen-bond donors (Lipinski definition) is 2. The average molecular weight is 372 g/mol. The molecule has 0 aliphatic carbocycles. The minimum Gasteiger partial charge on any atom is -0.366 e. The summed E-state index contributed by atoms with van der Waals surface area (Å²) in [5, 5.41) is 11.3. The molecule has 1 aliphatic rings. The Kier molecular flexibility index (Phi) is 6.34. The SMILES string of the molecule is CCCC[C@H](CN(O)C=O)C(=O)N1CCN(c2cccc3cc[nH]c23)CC1. The van der Waals surface area contributed by atoms with E-state index >= 15 is 0 Å². The Labute approximate surface area is 159 Å². The van der Waals surface area contributed by atoms with Gasteiger partial charge >= 0.3 is 0 Å². The van der Waals surface area contributed by atoms with Gasteiger partial charge in [-0.15, -0.1) is 0 Å². The van der Waals surface area contributed by atoms with Crippen molar-refractivity contribution in [3.8, 4) is 0 Å². The van der Waals surface area contributed by atoms with Crippen molar-refractivity contribution in [2.75, 3.05) is 37.6 Å². The fraction of sp³-hybridized carbons (Fsp3) is 0.500. The Bertz CT molecular complexity index is 767. The van der Waals surface area contributed by atoms with Crippen molar-refractivity contribution in [1.29, 1.82) is 0 Å². The summed E-state index contributed by atoms with van der Waals surface area (Å²) in [6.07, 6.45) is 4.87. The second-order valence-electron chi connectivity index (χ2n) is 7.10. The number of hydroxylamine groups is 2. The van der Waals surface area contributed by atoms with Crippen molar-refractivity contribution in [1.82, 2.24) is 14.9 Å². The predicted molar refractivity (Wildman–Crippen MR) is 105 cm³/mol. The van der Waals surface area contributed by atoms with Crippen molar-refractivity contribution in [2.45, 2.75) is 26.2 Å². The molecule has 146 valence electrons. The van der Waals surface area contributed by atoms with Crippen LogP contribution < -0.4 is 4.90 Å². The van der Waals surface area contributed by atoms with Crippen LogP contribution in [0.2, 0.25) is 0 Å². The molecule has 2 N–H and O–H groups in total. The molecule has 27 heavy (non-hydrogen) atoms. The quantitative estimate of drug-likeness (QED) is 0.424. The summed E-state index contributed by atoms with van der Waals surface area (Å²) in [6, 6.07) is 8.30. The van der Waals surface area contributed by atoms with Crippen molar-refractivity contribution >= 4 is 28.9 Å². The molecule has 0 saturated carbocycles. The number of piperazine rings is 1. The Hall–Kier alpha value is -2.54. The maximum absolute atomic E-state index is 12.9. The molecule has 0 bridgehead atoms. The van der Waals surface area contributed by atoms with Crippen molar-refractivity contribution in [2.24, 2.45) is 5.92 Å². The highest BCUT2D eigenvalue weighted by molar-refractivity contribution is 5.91. The van der Waals surface area contributed by atoms with Gasteiger partial charge in [0.1, 0.15) is 0 Å². The molecule has 7 heteroatoms. The van der Waals surface area contributed by atoms with Crippen molar-refractivity contribution in [3.05, 3.63) is 30.5 Å². The molecular formula is C20H28N4O3. The minimum atomic E-state index is -0.349. The van der Waals surface area contributed by atoms with E-state index in [4.69, 9.17) is 0 Å². The number of carbonyl (C=O) groups is 2. The third-order valence-electron chi connectivity index (χ3n) is 5.28. The van der Waals surface area contributed by atoms with Crippen LogP contribution >= 0.6 is 0 Å². The van der Waals surface area contributed by atoms with Gasteiger partial charge in [0.15, 0.2) is 0 Å². The van der Waals surface area contributed by atoms with Gasteiger partial charge in [-0.1, -0.05) is 31.9 Å². The third kappa shape index (κ3) is 4.42. The lowest BCUT2D eigenvalue weighted by Crippen LogP contribution is -2.51. The average Bonchev–Trinajstić information content (AvgIpc) is 3.19. The normalized spacial score (nSPS) is 15.8. The molecule has 7 nitrogen and oxygen atoms in total. The van der Waals surface area contributed by atoms with Gasteiger partial charge in [0.25, 0.3) is 0 Å². The second-order valence-corrected chi connectivity index (χ2v) is 7.10. The van der Waals surface area contributed by atoms with Crippen LogP contribution in [0.25, 0.3) is 10.9 Å². The smallest absolute Gasteiger partial charge is 0.233 e. The molecule has 1 aromatic carbocycles. The second kappa shape index (κ2) is 8.90. The summed E-state index contributed by atoms with van der Waals surface area (Å²) in [6.45, 7) is 4.94. The topological polar surface area (TPSA) is 79.9 Å². The zero-order valence-corrected chi connectivity index (χ0v) is 15.8. The van der Waals surface area contributed by atoms with E-state index in [0.717, 1.165) is 37.1 Å². The van der Waals surface area contributed by atoms with Crippen molar-refractivity contribution < 1.29 is 14.8 Å². The van der Waals surface area contributed by atoms with Crippen LogP contribution in [0.4, 0.5) is 5.69 Å². The van der Waals surface area contributed by atoms with Gasteiger partial charge in [0, 0.05) is 37.8 Å². The van der Waals surface area contributed by atoms with E-state index in [0.29, 0.717) is 31.0 Å². The number of para-hydroxylation sites is 1. The molecular weight excluding hydrogens is 344 g/mol. The number of benzene rings is 1. The number of carbonyl (C=O) groups excluding carboxylic acids is 2. The largest absolute Gasteiger partial charge is 0.366 e. The first-order chi connectivity index (χ1) is 13.1. The molecule has 0 spiro atoms. The summed E-state index contributed by atoms with van der Waals surface area (Å²) in [5.41, 5.74) is 2.29. The number of fused-ring (bicyclic) bond motifs is 1. The predicted octanol–water partition coefficient (Wildman–Crippen LogP) is 2.47. The highest BCUT2D eigenvalue weighted by atomic mass is 16.5. The first-order valence-corrected chi connectivity index (χ1v) is 9.64. The van der Waals surface area contributed by atoms with Gasteiger partial charge in [0.05, 0.1) is 23.7 Å². The number of hydrogen-bond acceptors (Lipinski definition) is 4. The third-order valence-corrected chi connectivity index (χ3v) is 5.28. The standard InChI is InChI=1S/C20H28N4O3/c1-2-3-5-17(14-24(27)15-25)20(26)23-12-10-22(11-13-23)18-7-4-6-16-8-9-21-19(16)18/h4,6-9,15,17,21,27H,2-3,5,10-14H2,1H3/t17-/m1/s1. The number of nitrogens with zero attached hydrogens (tertiary/aromatic N) is 3. The maximum atomic E-state index is 12.9. The van der Waals surface area contributed by atoms with Crippen LogP contribution in [0.3, 0.4) is 0 Å². The van der Waals surface area contributed by atoms with Crippen LogP contribution in [-0.4, -0.2) is 65.2 Å². The molecule has 1 saturated heterocycles. The number of aromatic nitrogens is 1. The summed E-state index contributed by atoms with van der Waals surface area (Å²) in [7, 11) is 0. The molecule has 2 heterocycles. The van der Waals surface area contributed by atoms with Crippen LogP contribution in [-0.2, 0) is 9.59 Å². The maximum Gasteiger partial charge on any atom is 0.233 e. The molecule has 2 aromatic rings. The summed E-state index contributed by atoms with van der Waals surface area (Å²) >= 11 is 0. The fourth-order valence-electron chi connectivity index (χ4n) is 3.77. The van der Waals surface area contributed by atoms with Crippen LogP contribution in [0.1, 0.15) is 26.2 Å². The number of amides is 2. The Morgan fingerprint density at radius 1 is 1.30 bits per heavy atom. The van der Waals surface area contributed by atoms with E-state index < -0.39 is 0 Å². The van der Waals surface area contributed by atoms with Crippen molar-refractivity contribution in [3.63, 3.8) is 0 Å². The highest BCUT2D eigenvalue weighted by Gasteiger charge is 2.28. The van der Waals surface area contributed by atoms with Crippen LogP contribution in [0.15, 0.2) is 30.5 Å². The summed E-state index contributed by atoms with van der Waals surface area (Å²) < 4.78 is 0. The van der Waals surface area contributed by atoms with Gasteiger partial charge < -0.3 is 14.8 Å². The zero-order valence-electron chi connectivity index (χ0n) is 15.8. The molecule has 1 aromatic heterocycles. The minimum absolute atomic E-state index is 0.0297. The van der Waals surface area contributed by atoms with Gasteiger partial charge in [-0.2, -0.15) is 0 Å². The van der Waals surface area contributed by atoms with E-state index in [9.17, 15) is 14.8 Å². The van der Waals surface area contributed by atoms with Crippen LogP contribution in [0, 0.1) is 5.92 Å². The first-order valence-electron chi connectivity index (χ1n) is 9.64. The molecule has 1 atom stereocenters. The van der Waals surface area contributed by atoms with E-state index in [1.807, 2.05) is 11.1 Å². The van der Waals surface area contributed by atoms with E-state index in [2.05, 4.69) is 41.1 Å². The Balaban J connectivity index is 1.63. The lowest BCUT2D eigenvalue weighted by molar-refractivity contribution is -0.157. The molecule has 3 rings (SSSR count). The number of H-pyrrole nitrogens is 1. The fourth-order valence-corrected chi connectivity index (χ4v) is 3.77. The van der Waals surface area contributed by atoms with Gasteiger partial charge in [0.2, 0.25) is 12.3 Å². The summed E-state index contributed by atoms with van der Waals surface area (Å²) in [4.78, 5) is 31.1. The Morgan fingerprint density at radius 3 is 2.78 bits per heavy atom. The van der Waals surface area contributed by atoms with Gasteiger partial charge in [-0.05, 0) is 18.6 Å². The van der Waals surface area contributed by atoms with E-state index in [1.54, 1.807) is 0 Å². The van der Waals surface area contributed by atoms with E-state index in [-0.39, 0.29) is 18.4 Å². The van der Waals surface area contributed by atoms with E-state index in [1.165, 1.54) is 5.39 Å². The number of nitrogens with one attached hydrogen (secondary N) is 1. The molecule has 2 amide bonds. The van der Waals surface area contributed by atoms with Gasteiger partial charge in [-0.3, -0.25) is 14.8 Å². The highest BCUT2D eigenvalue weighted by Crippen LogP contribution is 2.26. The lowest BCUT2D eigenvalue weighted by atomic mass is 9.99. The van der Waals surface area contributed by atoms with Crippen LogP contribution in [0.5, 0.6) is 0 Å². The number of unbranched alkanes of at least 4 members (excludes halogenated alkanes) is 1. The molecule has 0 unspecified atom stereocenters. The zero-order chi connectivity index (χ0) is 19.2. The molecule has 0 radical (unpaired) electrons.